The summed E-state index contributed by atoms with van der Waals surface area (Å²) in [5.41, 5.74) is 5.72. The van der Waals surface area contributed by atoms with Gasteiger partial charge in [0.2, 0.25) is 5.89 Å². The van der Waals surface area contributed by atoms with E-state index >= 15 is 0 Å². The van der Waals surface area contributed by atoms with Crippen LogP contribution in [-0.4, -0.2) is 31.4 Å². The van der Waals surface area contributed by atoms with Crippen molar-refractivity contribution in [2.75, 3.05) is 12.8 Å². The molecule has 1 unspecified atom stereocenters. The van der Waals surface area contributed by atoms with Gasteiger partial charge in [-0.15, -0.1) is 0 Å². The van der Waals surface area contributed by atoms with Crippen molar-refractivity contribution in [3.8, 4) is 0 Å². The van der Waals surface area contributed by atoms with Gasteiger partial charge in [-0.1, -0.05) is 19.0 Å². The van der Waals surface area contributed by atoms with Gasteiger partial charge < -0.3 is 10.3 Å². The van der Waals surface area contributed by atoms with Crippen LogP contribution in [0.1, 0.15) is 44.2 Å². The van der Waals surface area contributed by atoms with Crippen molar-refractivity contribution in [3.63, 3.8) is 0 Å². The number of nitrogens with two attached hydrogens (primary N) is 1. The van der Waals surface area contributed by atoms with Crippen LogP contribution in [0.15, 0.2) is 4.52 Å². The molecule has 0 radical (unpaired) electrons. The third kappa shape index (κ3) is 4.91. The normalized spacial score (nSPS) is 15.7. The molecule has 1 heterocycles. The first kappa shape index (κ1) is 16.1. The maximum atomic E-state index is 11.4. The molecule has 0 aliphatic rings. The second-order valence-corrected chi connectivity index (χ2v) is 7.82. The standard InChI is InChI=1S/C12H23N3O3S/c1-8(2)5-10(7-13)6-11-14-12(15-18-11)9(3)19(4,16)17/h8-10H,5-7,13H2,1-4H3/t9?,10-/m0/s1. The predicted molar refractivity (Wildman–Crippen MR) is 73.3 cm³/mol. The van der Waals surface area contributed by atoms with Crippen LogP contribution in [0.5, 0.6) is 0 Å². The summed E-state index contributed by atoms with van der Waals surface area (Å²) in [4.78, 5) is 4.16. The summed E-state index contributed by atoms with van der Waals surface area (Å²) in [6.45, 7) is 6.37. The van der Waals surface area contributed by atoms with Gasteiger partial charge in [-0.2, -0.15) is 4.98 Å². The highest BCUT2D eigenvalue weighted by atomic mass is 32.2. The van der Waals surface area contributed by atoms with Crippen molar-refractivity contribution in [3.05, 3.63) is 11.7 Å². The molecule has 1 rings (SSSR count). The summed E-state index contributed by atoms with van der Waals surface area (Å²) in [5, 5.41) is 3.00. The highest BCUT2D eigenvalue weighted by molar-refractivity contribution is 7.90. The molecule has 0 aliphatic carbocycles. The van der Waals surface area contributed by atoms with Crippen molar-refractivity contribution < 1.29 is 12.9 Å². The molecular weight excluding hydrogens is 266 g/mol. The lowest BCUT2D eigenvalue weighted by atomic mass is 9.94. The molecule has 0 aromatic carbocycles. The van der Waals surface area contributed by atoms with Crippen LogP contribution >= 0.6 is 0 Å². The fourth-order valence-electron chi connectivity index (χ4n) is 1.88. The molecule has 6 nitrogen and oxygen atoms in total. The van der Waals surface area contributed by atoms with Gasteiger partial charge in [0.05, 0.1) is 0 Å². The summed E-state index contributed by atoms with van der Waals surface area (Å²) in [7, 11) is -3.21. The highest BCUT2D eigenvalue weighted by Gasteiger charge is 2.24. The Bertz CT molecular complexity index is 496. The van der Waals surface area contributed by atoms with Crippen molar-refractivity contribution in [2.45, 2.75) is 38.9 Å². The molecule has 0 saturated heterocycles. The van der Waals surface area contributed by atoms with E-state index in [0.29, 0.717) is 24.8 Å². The fraction of sp³-hybridized carbons (Fsp3) is 0.833. The summed E-state index contributed by atoms with van der Waals surface area (Å²) >= 11 is 0. The number of aromatic nitrogens is 2. The summed E-state index contributed by atoms with van der Waals surface area (Å²) in [6, 6.07) is 0. The Hall–Kier alpha value is -0.950. The van der Waals surface area contributed by atoms with Crippen molar-refractivity contribution in [1.29, 1.82) is 0 Å². The third-order valence-corrected chi connectivity index (χ3v) is 4.59. The lowest BCUT2D eigenvalue weighted by molar-refractivity contribution is 0.329. The molecule has 7 heteroatoms. The summed E-state index contributed by atoms with van der Waals surface area (Å²) < 4.78 is 28.0. The average molecular weight is 289 g/mol. The molecule has 0 spiro atoms. The van der Waals surface area contributed by atoms with Gasteiger partial charge in [-0.25, -0.2) is 8.42 Å². The fourth-order valence-corrected chi connectivity index (χ4v) is 2.36. The predicted octanol–water partition coefficient (Wildman–Crippen LogP) is 1.34. The minimum absolute atomic E-state index is 0.220. The van der Waals surface area contributed by atoms with Crippen LogP contribution in [0.3, 0.4) is 0 Å². The first-order valence-corrected chi connectivity index (χ1v) is 8.40. The Morgan fingerprint density at radius 3 is 2.42 bits per heavy atom. The second kappa shape index (κ2) is 6.47. The zero-order valence-corrected chi connectivity index (χ0v) is 12.8. The monoisotopic (exact) mass is 289 g/mol. The van der Waals surface area contributed by atoms with Crippen molar-refractivity contribution >= 4 is 9.84 Å². The van der Waals surface area contributed by atoms with Crippen LogP contribution in [0.4, 0.5) is 0 Å². The molecular formula is C12H23N3O3S. The Kier molecular flexibility index (Phi) is 5.49. The van der Waals surface area contributed by atoms with Crippen LogP contribution in [0.25, 0.3) is 0 Å². The molecule has 1 aromatic rings. The lowest BCUT2D eigenvalue weighted by Crippen LogP contribution is -2.19. The van der Waals surface area contributed by atoms with E-state index in [-0.39, 0.29) is 11.7 Å². The first-order chi connectivity index (χ1) is 8.74. The molecule has 2 N–H and O–H groups in total. The van der Waals surface area contributed by atoms with Gasteiger partial charge in [0.1, 0.15) is 5.25 Å². The van der Waals surface area contributed by atoms with Crippen LogP contribution in [0.2, 0.25) is 0 Å². The van der Waals surface area contributed by atoms with Crippen LogP contribution < -0.4 is 5.73 Å². The Labute approximate surface area is 114 Å². The Morgan fingerprint density at radius 1 is 1.32 bits per heavy atom. The molecule has 0 fully saturated rings. The van der Waals surface area contributed by atoms with E-state index in [0.717, 1.165) is 12.7 Å². The van der Waals surface area contributed by atoms with E-state index in [9.17, 15) is 8.42 Å². The van der Waals surface area contributed by atoms with Crippen molar-refractivity contribution in [2.24, 2.45) is 17.6 Å². The van der Waals surface area contributed by atoms with Crippen molar-refractivity contribution in [1.82, 2.24) is 10.1 Å². The maximum absolute atomic E-state index is 11.4. The second-order valence-electron chi connectivity index (χ2n) is 5.45. The SMILES string of the molecule is CC(C)C[C@H](CN)Cc1nc(C(C)S(C)(=O)=O)no1. The van der Waals surface area contributed by atoms with Gasteiger partial charge in [0.25, 0.3) is 0 Å². The van der Waals surface area contributed by atoms with E-state index < -0.39 is 15.1 Å². The van der Waals surface area contributed by atoms with Gasteiger partial charge >= 0.3 is 0 Å². The number of nitrogens with zero attached hydrogens (tertiary/aromatic N) is 2. The average Bonchev–Trinajstić information content (AvgIpc) is 2.73. The molecule has 0 saturated carbocycles. The molecule has 1 aromatic heterocycles. The highest BCUT2D eigenvalue weighted by Crippen LogP contribution is 2.20. The number of sulfone groups is 1. The maximum Gasteiger partial charge on any atom is 0.227 e. The lowest BCUT2D eigenvalue weighted by Gasteiger charge is -2.14. The van der Waals surface area contributed by atoms with Gasteiger partial charge in [-0.05, 0) is 31.7 Å². The smallest absolute Gasteiger partial charge is 0.227 e. The van der Waals surface area contributed by atoms with E-state index in [1.54, 1.807) is 6.92 Å². The summed E-state index contributed by atoms with van der Waals surface area (Å²) in [6.07, 6.45) is 2.74. The van der Waals surface area contributed by atoms with Gasteiger partial charge in [-0.3, -0.25) is 0 Å². The van der Waals surface area contributed by atoms with Crippen LogP contribution in [0, 0.1) is 11.8 Å². The van der Waals surface area contributed by atoms with Gasteiger partial charge in [0, 0.05) is 12.7 Å². The minimum Gasteiger partial charge on any atom is -0.339 e. The molecule has 0 amide bonds. The largest absolute Gasteiger partial charge is 0.339 e. The third-order valence-electron chi connectivity index (χ3n) is 3.09. The van der Waals surface area contributed by atoms with E-state index in [4.69, 9.17) is 10.3 Å². The minimum atomic E-state index is -3.21. The quantitative estimate of drug-likeness (QED) is 0.813. The topological polar surface area (TPSA) is 99.1 Å². The molecule has 19 heavy (non-hydrogen) atoms. The summed E-state index contributed by atoms with van der Waals surface area (Å²) in [5.74, 6) is 1.51. The zero-order chi connectivity index (χ0) is 14.6. The van der Waals surface area contributed by atoms with E-state index in [2.05, 4.69) is 24.0 Å². The first-order valence-electron chi connectivity index (χ1n) is 6.45. The van der Waals surface area contributed by atoms with Crippen LogP contribution in [-0.2, 0) is 16.3 Å². The molecule has 110 valence electrons. The Balaban J connectivity index is 2.74. The number of rotatable bonds is 7. The molecule has 0 aliphatic heterocycles. The molecule has 0 bridgehead atoms. The zero-order valence-electron chi connectivity index (χ0n) is 12.0. The van der Waals surface area contributed by atoms with Gasteiger partial charge in [0.15, 0.2) is 15.7 Å². The number of hydrogen-bond acceptors (Lipinski definition) is 6. The number of hydrogen-bond donors (Lipinski definition) is 1. The molecule has 2 atom stereocenters. The van der Waals surface area contributed by atoms with E-state index in [1.165, 1.54) is 0 Å². The Morgan fingerprint density at radius 2 is 1.95 bits per heavy atom. The van der Waals surface area contributed by atoms with E-state index in [1.807, 2.05) is 0 Å².